The molecule has 4 rings (SSSR count). The first-order valence-electron chi connectivity index (χ1n) is 5.82. The lowest BCUT2D eigenvalue weighted by Crippen LogP contribution is -1.96. The van der Waals surface area contributed by atoms with Crippen molar-refractivity contribution >= 4 is 45.0 Å². The Labute approximate surface area is 129 Å². The molecule has 0 aliphatic rings. The van der Waals surface area contributed by atoms with E-state index in [0.717, 1.165) is 26.9 Å². The Morgan fingerprint density at radius 2 is 1.95 bits per heavy atom. The van der Waals surface area contributed by atoms with Gasteiger partial charge in [-0.05, 0) is 24.3 Å². The van der Waals surface area contributed by atoms with Crippen LogP contribution < -0.4 is 0 Å². The molecule has 0 unspecified atom stereocenters. The number of nitriles is 1. The second-order valence-electron chi connectivity index (χ2n) is 4.12. The molecule has 0 fully saturated rings. The number of nitrogens with zero attached hydrogens (tertiary/aromatic N) is 6. The highest BCUT2D eigenvalue weighted by molar-refractivity contribution is 7.20. The second-order valence-corrected chi connectivity index (χ2v) is 5.12. The standard InChI is InChI=1S/C13H6N6S.ClH/c14-7-11-16-9-1-2-10-12(13(9)20-11)17-18-19(10)8-3-5-15-6-4-8;/h1-6H;1H. The maximum atomic E-state index is 8.94. The fourth-order valence-electron chi connectivity index (χ4n) is 2.10. The number of benzene rings is 1. The van der Waals surface area contributed by atoms with Crippen molar-refractivity contribution in [3.05, 3.63) is 41.7 Å². The van der Waals surface area contributed by atoms with Gasteiger partial charge < -0.3 is 0 Å². The van der Waals surface area contributed by atoms with E-state index in [-0.39, 0.29) is 12.4 Å². The van der Waals surface area contributed by atoms with E-state index < -0.39 is 0 Å². The van der Waals surface area contributed by atoms with Gasteiger partial charge in [0.25, 0.3) is 0 Å². The van der Waals surface area contributed by atoms with Gasteiger partial charge in [0, 0.05) is 12.4 Å². The number of halogens is 1. The van der Waals surface area contributed by atoms with E-state index in [0.29, 0.717) is 5.01 Å². The fourth-order valence-corrected chi connectivity index (χ4v) is 2.94. The Balaban J connectivity index is 0.00000132. The number of hydrogen-bond acceptors (Lipinski definition) is 6. The maximum absolute atomic E-state index is 8.94. The molecule has 3 aromatic heterocycles. The van der Waals surface area contributed by atoms with Crippen molar-refractivity contribution < 1.29 is 0 Å². The highest BCUT2D eigenvalue weighted by Gasteiger charge is 2.13. The van der Waals surface area contributed by atoms with Crippen LogP contribution in [0.15, 0.2) is 36.7 Å². The number of thiazole rings is 1. The molecular weight excluding hydrogens is 308 g/mol. The highest BCUT2D eigenvalue weighted by atomic mass is 35.5. The SMILES string of the molecule is Cl.N#Cc1nc2ccc3c(nnn3-c3ccncc3)c2s1. The van der Waals surface area contributed by atoms with Gasteiger partial charge in [-0.15, -0.1) is 28.8 Å². The molecule has 0 saturated carbocycles. The second kappa shape index (κ2) is 5.09. The van der Waals surface area contributed by atoms with E-state index in [1.54, 1.807) is 17.1 Å². The molecule has 0 N–H and O–H groups in total. The normalized spacial score (nSPS) is 10.4. The zero-order valence-electron chi connectivity index (χ0n) is 10.5. The first-order chi connectivity index (χ1) is 9.86. The third-order valence-electron chi connectivity index (χ3n) is 2.98. The van der Waals surface area contributed by atoms with Gasteiger partial charge in [-0.3, -0.25) is 4.98 Å². The van der Waals surface area contributed by atoms with Gasteiger partial charge in [-0.2, -0.15) is 5.26 Å². The first kappa shape index (κ1) is 13.4. The zero-order chi connectivity index (χ0) is 13.5. The van der Waals surface area contributed by atoms with Crippen LogP contribution in [0.4, 0.5) is 0 Å². The van der Waals surface area contributed by atoms with Crippen molar-refractivity contribution in [1.29, 1.82) is 5.26 Å². The van der Waals surface area contributed by atoms with E-state index in [2.05, 4.69) is 26.3 Å². The Bertz CT molecular complexity index is 969. The third kappa shape index (κ3) is 2.01. The molecule has 4 aromatic rings. The van der Waals surface area contributed by atoms with Gasteiger partial charge >= 0.3 is 0 Å². The summed E-state index contributed by atoms with van der Waals surface area (Å²) in [6.45, 7) is 0. The minimum Gasteiger partial charge on any atom is -0.265 e. The molecule has 0 bridgehead atoms. The van der Waals surface area contributed by atoms with Crippen LogP contribution in [0.1, 0.15) is 5.01 Å². The lowest BCUT2D eigenvalue weighted by atomic mass is 10.3. The summed E-state index contributed by atoms with van der Waals surface area (Å²) in [7, 11) is 0. The summed E-state index contributed by atoms with van der Waals surface area (Å²) in [5.74, 6) is 0. The minimum atomic E-state index is 0. The average Bonchev–Trinajstić information content (AvgIpc) is 3.11. The van der Waals surface area contributed by atoms with Gasteiger partial charge in [-0.1, -0.05) is 5.21 Å². The molecule has 8 heteroatoms. The van der Waals surface area contributed by atoms with Crippen molar-refractivity contribution in [2.75, 3.05) is 0 Å². The van der Waals surface area contributed by atoms with E-state index in [9.17, 15) is 0 Å². The Kier molecular flexibility index (Phi) is 3.25. The van der Waals surface area contributed by atoms with Crippen molar-refractivity contribution in [3.63, 3.8) is 0 Å². The molecule has 0 atom stereocenters. The largest absolute Gasteiger partial charge is 0.265 e. The average molecular weight is 315 g/mol. The summed E-state index contributed by atoms with van der Waals surface area (Å²) in [5.41, 5.74) is 3.32. The molecule has 0 spiro atoms. The van der Waals surface area contributed by atoms with Gasteiger partial charge in [0.15, 0.2) is 5.01 Å². The van der Waals surface area contributed by atoms with E-state index in [1.165, 1.54) is 11.3 Å². The Hall–Kier alpha value is -2.56. The van der Waals surface area contributed by atoms with Crippen molar-refractivity contribution in [2.24, 2.45) is 0 Å². The molecule has 3 heterocycles. The Morgan fingerprint density at radius 1 is 1.14 bits per heavy atom. The van der Waals surface area contributed by atoms with Crippen LogP contribution in [0.5, 0.6) is 0 Å². The van der Waals surface area contributed by atoms with Crippen LogP contribution in [0.3, 0.4) is 0 Å². The molecule has 1 aromatic carbocycles. The summed E-state index contributed by atoms with van der Waals surface area (Å²) in [6, 6.07) is 9.60. The lowest BCUT2D eigenvalue weighted by Gasteiger charge is -2.00. The Morgan fingerprint density at radius 3 is 2.71 bits per heavy atom. The first-order valence-corrected chi connectivity index (χ1v) is 6.64. The van der Waals surface area contributed by atoms with Crippen LogP contribution in [0, 0.1) is 11.3 Å². The van der Waals surface area contributed by atoms with Crippen LogP contribution in [-0.4, -0.2) is 25.0 Å². The molecule has 6 nitrogen and oxygen atoms in total. The quantitative estimate of drug-likeness (QED) is 0.539. The molecule has 21 heavy (non-hydrogen) atoms. The summed E-state index contributed by atoms with van der Waals surface area (Å²) in [5, 5.41) is 17.8. The van der Waals surface area contributed by atoms with E-state index in [4.69, 9.17) is 5.26 Å². The number of rotatable bonds is 1. The van der Waals surface area contributed by atoms with Crippen LogP contribution in [0.25, 0.3) is 26.9 Å². The topological polar surface area (TPSA) is 80.3 Å². The molecule has 102 valence electrons. The highest BCUT2D eigenvalue weighted by Crippen LogP contribution is 2.29. The predicted octanol–water partition coefficient (Wildman–Crippen LogP) is 2.72. The monoisotopic (exact) mass is 314 g/mol. The summed E-state index contributed by atoms with van der Waals surface area (Å²) in [6.07, 6.45) is 3.42. The number of pyridine rings is 1. The number of aromatic nitrogens is 5. The van der Waals surface area contributed by atoms with Crippen molar-refractivity contribution in [3.8, 4) is 11.8 Å². The van der Waals surface area contributed by atoms with E-state index in [1.807, 2.05) is 24.3 Å². The minimum absolute atomic E-state index is 0. The van der Waals surface area contributed by atoms with Gasteiger partial charge in [-0.25, -0.2) is 9.67 Å². The molecule has 0 amide bonds. The number of hydrogen-bond donors (Lipinski definition) is 0. The smallest absolute Gasteiger partial charge is 0.195 e. The van der Waals surface area contributed by atoms with Crippen molar-refractivity contribution in [1.82, 2.24) is 25.0 Å². The molecule has 0 radical (unpaired) electrons. The third-order valence-corrected chi connectivity index (χ3v) is 3.96. The van der Waals surface area contributed by atoms with Gasteiger partial charge in [0.2, 0.25) is 0 Å². The fraction of sp³-hybridized carbons (Fsp3) is 0. The molecule has 0 saturated heterocycles. The molecule has 0 aliphatic heterocycles. The lowest BCUT2D eigenvalue weighted by molar-refractivity contribution is 0.822. The molecular formula is C13H7ClN6S. The van der Waals surface area contributed by atoms with Crippen molar-refractivity contribution in [2.45, 2.75) is 0 Å². The summed E-state index contributed by atoms with van der Waals surface area (Å²) in [4.78, 5) is 8.23. The van der Waals surface area contributed by atoms with Gasteiger partial charge in [0.1, 0.15) is 11.6 Å². The number of fused-ring (bicyclic) bond motifs is 3. The van der Waals surface area contributed by atoms with Crippen LogP contribution in [0.2, 0.25) is 0 Å². The predicted molar refractivity (Wildman–Crippen MR) is 81.8 cm³/mol. The van der Waals surface area contributed by atoms with E-state index >= 15 is 0 Å². The maximum Gasteiger partial charge on any atom is 0.195 e. The van der Waals surface area contributed by atoms with Gasteiger partial charge in [0.05, 0.1) is 21.4 Å². The van der Waals surface area contributed by atoms with Crippen LogP contribution in [-0.2, 0) is 0 Å². The molecule has 0 aliphatic carbocycles. The summed E-state index contributed by atoms with van der Waals surface area (Å²) < 4.78 is 2.64. The zero-order valence-corrected chi connectivity index (χ0v) is 12.1. The summed E-state index contributed by atoms with van der Waals surface area (Å²) >= 11 is 1.33. The van der Waals surface area contributed by atoms with Crippen LogP contribution >= 0.6 is 23.7 Å².